The van der Waals surface area contributed by atoms with Crippen molar-refractivity contribution in [1.29, 1.82) is 0 Å². The molecule has 1 aromatic carbocycles. The lowest BCUT2D eigenvalue weighted by atomic mass is 10.2. The zero-order valence-electron chi connectivity index (χ0n) is 12.4. The minimum atomic E-state index is -0.649. The maximum Gasteiger partial charge on any atom is 0.438 e. The summed E-state index contributed by atoms with van der Waals surface area (Å²) in [5, 5.41) is 3.52. The van der Waals surface area contributed by atoms with Gasteiger partial charge in [0.2, 0.25) is 0 Å². The summed E-state index contributed by atoms with van der Waals surface area (Å²) in [6, 6.07) is 6.84. The molecular weight excluding hydrogens is 290 g/mol. The van der Waals surface area contributed by atoms with E-state index in [4.69, 9.17) is 9.47 Å². The average molecular weight is 307 g/mol. The van der Waals surface area contributed by atoms with Gasteiger partial charge in [-0.15, -0.1) is 0 Å². The summed E-state index contributed by atoms with van der Waals surface area (Å²) in [4.78, 5) is 27.0. The first-order chi connectivity index (χ1) is 10.6. The molecule has 0 saturated carbocycles. The van der Waals surface area contributed by atoms with Crippen LogP contribution in [-0.2, 0) is 11.3 Å². The summed E-state index contributed by atoms with van der Waals surface area (Å²) in [7, 11) is 3.19. The van der Waals surface area contributed by atoms with Gasteiger partial charge in [-0.25, -0.2) is 4.79 Å². The van der Waals surface area contributed by atoms with Gasteiger partial charge in [-0.1, -0.05) is 11.2 Å². The largest absolute Gasteiger partial charge is 0.491 e. The summed E-state index contributed by atoms with van der Waals surface area (Å²) >= 11 is 0. The number of amides is 1. The number of carbonyl (C=O) groups excluding carboxylic acids is 1. The SMILES string of the molecule is COCCOc1cccc(C(=O)N(C)Cc2noc(=O)[nH]2)c1. The van der Waals surface area contributed by atoms with E-state index >= 15 is 0 Å². The highest BCUT2D eigenvalue weighted by molar-refractivity contribution is 5.94. The first-order valence-corrected chi connectivity index (χ1v) is 6.62. The third-order valence-corrected chi connectivity index (χ3v) is 2.86. The summed E-state index contributed by atoms with van der Waals surface area (Å²) in [6.45, 7) is 1.01. The molecule has 0 aliphatic carbocycles. The molecule has 0 aliphatic heterocycles. The fourth-order valence-corrected chi connectivity index (χ4v) is 1.81. The molecule has 2 aromatic rings. The number of rotatable bonds is 7. The number of nitrogens with one attached hydrogen (secondary N) is 1. The average Bonchev–Trinajstić information content (AvgIpc) is 2.92. The van der Waals surface area contributed by atoms with Crippen molar-refractivity contribution in [3.63, 3.8) is 0 Å². The molecule has 2 rings (SSSR count). The smallest absolute Gasteiger partial charge is 0.438 e. The standard InChI is InChI=1S/C14H17N3O5/c1-17(9-12-15-14(19)22-16-12)13(18)10-4-3-5-11(8-10)21-7-6-20-2/h3-5,8H,6-7,9H2,1-2H3,(H,15,16,19). The number of aromatic amines is 1. The van der Waals surface area contributed by atoms with Gasteiger partial charge in [0.1, 0.15) is 12.4 Å². The van der Waals surface area contributed by atoms with Crippen LogP contribution in [0, 0.1) is 0 Å². The maximum absolute atomic E-state index is 12.3. The Morgan fingerprint density at radius 2 is 2.23 bits per heavy atom. The fourth-order valence-electron chi connectivity index (χ4n) is 1.81. The van der Waals surface area contributed by atoms with Crippen molar-refractivity contribution in [1.82, 2.24) is 15.0 Å². The first-order valence-electron chi connectivity index (χ1n) is 6.62. The lowest BCUT2D eigenvalue weighted by molar-refractivity contribution is 0.0780. The topological polar surface area (TPSA) is 97.7 Å². The van der Waals surface area contributed by atoms with E-state index < -0.39 is 5.76 Å². The van der Waals surface area contributed by atoms with Crippen LogP contribution in [0.5, 0.6) is 5.75 Å². The Hall–Kier alpha value is -2.61. The van der Waals surface area contributed by atoms with Gasteiger partial charge in [-0.2, -0.15) is 0 Å². The molecule has 0 aliphatic rings. The van der Waals surface area contributed by atoms with E-state index in [9.17, 15) is 9.59 Å². The molecule has 8 nitrogen and oxygen atoms in total. The lowest BCUT2D eigenvalue weighted by Crippen LogP contribution is -2.27. The first kappa shape index (κ1) is 15.8. The molecule has 0 unspecified atom stereocenters. The molecule has 1 amide bonds. The van der Waals surface area contributed by atoms with Gasteiger partial charge in [-0.05, 0) is 18.2 Å². The van der Waals surface area contributed by atoms with E-state index in [2.05, 4.69) is 14.7 Å². The maximum atomic E-state index is 12.3. The Kier molecular flexibility index (Phi) is 5.31. The second kappa shape index (κ2) is 7.41. The fraction of sp³-hybridized carbons (Fsp3) is 0.357. The normalized spacial score (nSPS) is 10.5. The summed E-state index contributed by atoms with van der Waals surface area (Å²) < 4.78 is 14.8. The van der Waals surface area contributed by atoms with E-state index in [1.807, 2.05) is 0 Å². The highest BCUT2D eigenvalue weighted by Crippen LogP contribution is 2.15. The molecule has 1 heterocycles. The van der Waals surface area contributed by atoms with Crippen molar-refractivity contribution in [2.24, 2.45) is 0 Å². The molecule has 1 aromatic heterocycles. The molecule has 0 radical (unpaired) electrons. The number of ether oxygens (including phenoxy) is 2. The van der Waals surface area contributed by atoms with Crippen molar-refractivity contribution in [3.8, 4) is 5.75 Å². The number of aromatic nitrogens is 2. The number of nitrogens with zero attached hydrogens (tertiary/aromatic N) is 2. The van der Waals surface area contributed by atoms with Crippen LogP contribution in [0.1, 0.15) is 16.2 Å². The van der Waals surface area contributed by atoms with Crippen LogP contribution in [0.25, 0.3) is 0 Å². The van der Waals surface area contributed by atoms with Crippen molar-refractivity contribution < 1.29 is 18.8 Å². The van der Waals surface area contributed by atoms with E-state index in [0.717, 1.165) is 0 Å². The van der Waals surface area contributed by atoms with Crippen LogP contribution in [0.15, 0.2) is 33.6 Å². The molecule has 22 heavy (non-hydrogen) atoms. The van der Waals surface area contributed by atoms with Gasteiger partial charge in [0.05, 0.1) is 13.2 Å². The number of hydrogen-bond acceptors (Lipinski definition) is 6. The van der Waals surface area contributed by atoms with Gasteiger partial charge in [0.15, 0.2) is 5.82 Å². The molecule has 8 heteroatoms. The molecular formula is C14H17N3O5. The van der Waals surface area contributed by atoms with Crippen molar-refractivity contribution >= 4 is 5.91 Å². The molecule has 1 N–H and O–H groups in total. The van der Waals surface area contributed by atoms with Crippen molar-refractivity contribution in [3.05, 3.63) is 46.2 Å². The van der Waals surface area contributed by atoms with Crippen LogP contribution in [-0.4, -0.2) is 48.3 Å². The quantitative estimate of drug-likeness (QED) is 0.755. The molecule has 0 spiro atoms. The zero-order chi connectivity index (χ0) is 15.9. The Labute approximate surface area is 126 Å². The third kappa shape index (κ3) is 4.19. The summed E-state index contributed by atoms with van der Waals surface area (Å²) in [6.07, 6.45) is 0. The number of carbonyl (C=O) groups is 1. The molecule has 118 valence electrons. The van der Waals surface area contributed by atoms with Gasteiger partial charge in [-0.3, -0.25) is 14.3 Å². The van der Waals surface area contributed by atoms with Crippen molar-refractivity contribution in [2.45, 2.75) is 6.54 Å². The lowest BCUT2D eigenvalue weighted by Gasteiger charge is -2.15. The number of methoxy groups -OCH3 is 1. The Morgan fingerprint density at radius 1 is 1.41 bits per heavy atom. The van der Waals surface area contributed by atoms with Gasteiger partial charge < -0.3 is 14.4 Å². The number of H-pyrrole nitrogens is 1. The predicted molar refractivity (Wildman–Crippen MR) is 76.7 cm³/mol. The monoisotopic (exact) mass is 307 g/mol. The highest BCUT2D eigenvalue weighted by atomic mass is 16.5. The highest BCUT2D eigenvalue weighted by Gasteiger charge is 2.14. The predicted octanol–water partition coefficient (Wildman–Crippen LogP) is 0.660. The second-order valence-corrected chi connectivity index (χ2v) is 4.57. The number of hydrogen-bond donors (Lipinski definition) is 1. The second-order valence-electron chi connectivity index (χ2n) is 4.57. The summed E-state index contributed by atoms with van der Waals surface area (Å²) in [5.74, 6) is 0.00456. The number of benzene rings is 1. The van der Waals surface area contributed by atoms with Crippen molar-refractivity contribution in [2.75, 3.05) is 27.4 Å². The van der Waals surface area contributed by atoms with Gasteiger partial charge in [0.25, 0.3) is 5.91 Å². The van der Waals surface area contributed by atoms with Crippen LogP contribution in [0.4, 0.5) is 0 Å². The summed E-state index contributed by atoms with van der Waals surface area (Å²) in [5.41, 5.74) is 0.475. The van der Waals surface area contributed by atoms with E-state index in [-0.39, 0.29) is 18.3 Å². The van der Waals surface area contributed by atoms with E-state index in [1.165, 1.54) is 4.90 Å². The molecule has 0 saturated heterocycles. The molecule has 0 bridgehead atoms. The Morgan fingerprint density at radius 3 is 2.91 bits per heavy atom. The zero-order valence-corrected chi connectivity index (χ0v) is 12.4. The third-order valence-electron chi connectivity index (χ3n) is 2.86. The molecule has 0 atom stereocenters. The van der Waals surface area contributed by atoms with Crippen LogP contribution >= 0.6 is 0 Å². The van der Waals surface area contributed by atoms with E-state index in [1.54, 1.807) is 38.4 Å². The van der Waals surface area contributed by atoms with Gasteiger partial charge >= 0.3 is 5.76 Å². The van der Waals surface area contributed by atoms with Gasteiger partial charge in [0, 0.05) is 19.7 Å². The Balaban J connectivity index is 2.01. The minimum absolute atomic E-state index is 0.138. The minimum Gasteiger partial charge on any atom is -0.491 e. The molecule has 0 fully saturated rings. The van der Waals surface area contributed by atoms with Crippen LogP contribution in [0.2, 0.25) is 0 Å². The van der Waals surface area contributed by atoms with Crippen LogP contribution in [0.3, 0.4) is 0 Å². The van der Waals surface area contributed by atoms with E-state index in [0.29, 0.717) is 24.5 Å². The Bertz CT molecular complexity index is 679. The van der Waals surface area contributed by atoms with Crippen LogP contribution < -0.4 is 10.5 Å².